The maximum Gasteiger partial charge on any atom is 0.221 e. The molecule has 0 spiro atoms. The molecule has 0 saturated carbocycles. The second-order valence-electron chi connectivity index (χ2n) is 6.21. The second kappa shape index (κ2) is 8.98. The molecule has 0 aliphatic rings. The van der Waals surface area contributed by atoms with Crippen LogP contribution in [-0.2, 0) is 11.2 Å². The normalized spacial score (nSPS) is 10.6. The molecule has 6 heteroatoms. The summed E-state index contributed by atoms with van der Waals surface area (Å²) in [5.41, 5.74) is 3.23. The van der Waals surface area contributed by atoms with Gasteiger partial charge in [0.25, 0.3) is 0 Å². The third-order valence-corrected chi connectivity index (χ3v) is 4.46. The Labute approximate surface area is 158 Å². The molecule has 0 unspecified atom stereocenters. The van der Waals surface area contributed by atoms with E-state index in [1.54, 1.807) is 14.2 Å². The van der Waals surface area contributed by atoms with Crippen molar-refractivity contribution in [2.45, 2.75) is 12.8 Å². The SMILES string of the molecule is COc1ccc(NCCC(=O)NCCc2c[nH]c3ccccc23)cc1OC. The molecule has 0 radical (unpaired) electrons. The molecule has 0 aliphatic carbocycles. The molecule has 27 heavy (non-hydrogen) atoms. The van der Waals surface area contributed by atoms with Gasteiger partial charge in [-0.05, 0) is 30.2 Å². The summed E-state index contributed by atoms with van der Waals surface area (Å²) in [6, 6.07) is 13.8. The van der Waals surface area contributed by atoms with E-state index in [-0.39, 0.29) is 5.91 Å². The molecular weight excluding hydrogens is 342 g/mol. The first-order valence-corrected chi connectivity index (χ1v) is 8.99. The number of methoxy groups -OCH3 is 2. The molecule has 0 bridgehead atoms. The van der Waals surface area contributed by atoms with E-state index in [1.807, 2.05) is 36.5 Å². The Morgan fingerprint density at radius 1 is 1.04 bits per heavy atom. The number of hydrogen-bond acceptors (Lipinski definition) is 4. The van der Waals surface area contributed by atoms with Crippen molar-refractivity contribution < 1.29 is 14.3 Å². The lowest BCUT2D eigenvalue weighted by Crippen LogP contribution is -2.27. The number of carbonyl (C=O) groups is 1. The minimum absolute atomic E-state index is 0.0304. The summed E-state index contributed by atoms with van der Waals surface area (Å²) in [5, 5.41) is 7.41. The van der Waals surface area contributed by atoms with Gasteiger partial charge < -0.3 is 25.1 Å². The van der Waals surface area contributed by atoms with Crippen molar-refractivity contribution in [2.75, 3.05) is 32.6 Å². The number of H-pyrrole nitrogens is 1. The van der Waals surface area contributed by atoms with Gasteiger partial charge in [0, 0.05) is 48.4 Å². The van der Waals surface area contributed by atoms with Crippen LogP contribution in [0.4, 0.5) is 5.69 Å². The predicted molar refractivity (Wildman–Crippen MR) is 108 cm³/mol. The van der Waals surface area contributed by atoms with Crippen LogP contribution in [0.5, 0.6) is 11.5 Å². The number of ether oxygens (including phenoxy) is 2. The zero-order valence-electron chi connectivity index (χ0n) is 15.7. The van der Waals surface area contributed by atoms with Gasteiger partial charge in [-0.15, -0.1) is 0 Å². The second-order valence-corrected chi connectivity index (χ2v) is 6.21. The quantitative estimate of drug-likeness (QED) is 0.542. The first-order valence-electron chi connectivity index (χ1n) is 8.99. The van der Waals surface area contributed by atoms with Gasteiger partial charge >= 0.3 is 0 Å². The third kappa shape index (κ3) is 4.73. The van der Waals surface area contributed by atoms with Crippen molar-refractivity contribution in [1.82, 2.24) is 10.3 Å². The Bertz CT molecular complexity index is 905. The van der Waals surface area contributed by atoms with Crippen LogP contribution in [0.25, 0.3) is 10.9 Å². The fraction of sp³-hybridized carbons (Fsp3) is 0.286. The molecule has 2 aromatic carbocycles. The van der Waals surface area contributed by atoms with Crippen molar-refractivity contribution in [3.8, 4) is 11.5 Å². The molecule has 1 heterocycles. The fourth-order valence-electron chi connectivity index (χ4n) is 3.03. The molecule has 6 nitrogen and oxygen atoms in total. The highest BCUT2D eigenvalue weighted by molar-refractivity contribution is 5.83. The topological polar surface area (TPSA) is 75.4 Å². The molecule has 0 atom stereocenters. The highest BCUT2D eigenvalue weighted by Crippen LogP contribution is 2.29. The van der Waals surface area contributed by atoms with Gasteiger partial charge in [-0.1, -0.05) is 18.2 Å². The molecule has 142 valence electrons. The minimum Gasteiger partial charge on any atom is -0.493 e. The standard InChI is InChI=1S/C21H25N3O3/c1-26-19-8-7-16(13-20(19)27-2)22-12-10-21(25)23-11-9-15-14-24-18-6-4-3-5-17(15)18/h3-8,13-14,22,24H,9-12H2,1-2H3,(H,23,25). The number of carbonyl (C=O) groups excluding carboxylic acids is 1. The number of anilines is 1. The van der Waals surface area contributed by atoms with Gasteiger partial charge in [-0.25, -0.2) is 0 Å². The molecule has 3 rings (SSSR count). The Morgan fingerprint density at radius 2 is 1.85 bits per heavy atom. The molecule has 1 amide bonds. The van der Waals surface area contributed by atoms with Crippen molar-refractivity contribution >= 4 is 22.5 Å². The lowest BCUT2D eigenvalue weighted by molar-refractivity contribution is -0.120. The first-order chi connectivity index (χ1) is 13.2. The molecular formula is C21H25N3O3. The Hall–Kier alpha value is -3.15. The van der Waals surface area contributed by atoms with Crippen LogP contribution < -0.4 is 20.1 Å². The summed E-state index contributed by atoms with van der Waals surface area (Å²) in [4.78, 5) is 15.3. The highest BCUT2D eigenvalue weighted by atomic mass is 16.5. The van der Waals surface area contributed by atoms with Gasteiger partial charge in [0.15, 0.2) is 11.5 Å². The van der Waals surface area contributed by atoms with Crippen molar-refractivity contribution in [1.29, 1.82) is 0 Å². The van der Waals surface area contributed by atoms with Gasteiger partial charge in [-0.2, -0.15) is 0 Å². The molecule has 1 aromatic heterocycles. The van der Waals surface area contributed by atoms with E-state index < -0.39 is 0 Å². The summed E-state index contributed by atoms with van der Waals surface area (Å²) in [6.07, 6.45) is 3.22. The Balaban J connectivity index is 1.41. The van der Waals surface area contributed by atoms with Crippen LogP contribution in [0, 0.1) is 0 Å². The highest BCUT2D eigenvalue weighted by Gasteiger charge is 2.06. The van der Waals surface area contributed by atoms with Crippen LogP contribution in [0.2, 0.25) is 0 Å². The van der Waals surface area contributed by atoms with E-state index >= 15 is 0 Å². The van der Waals surface area contributed by atoms with Gasteiger partial charge in [-0.3, -0.25) is 4.79 Å². The predicted octanol–water partition coefficient (Wildman–Crippen LogP) is 3.35. The molecule has 0 aliphatic heterocycles. The maximum absolute atomic E-state index is 12.0. The van der Waals surface area contributed by atoms with Gasteiger partial charge in [0.05, 0.1) is 14.2 Å². The number of para-hydroxylation sites is 1. The van der Waals surface area contributed by atoms with Gasteiger partial charge in [0.1, 0.15) is 0 Å². The number of amides is 1. The largest absolute Gasteiger partial charge is 0.493 e. The van der Waals surface area contributed by atoms with Crippen LogP contribution in [-0.4, -0.2) is 38.2 Å². The van der Waals surface area contributed by atoms with E-state index in [4.69, 9.17) is 9.47 Å². The van der Waals surface area contributed by atoms with Crippen LogP contribution in [0.15, 0.2) is 48.7 Å². The summed E-state index contributed by atoms with van der Waals surface area (Å²) in [7, 11) is 3.20. The Morgan fingerprint density at radius 3 is 2.67 bits per heavy atom. The van der Waals surface area contributed by atoms with E-state index in [0.29, 0.717) is 31.0 Å². The maximum atomic E-state index is 12.0. The van der Waals surface area contributed by atoms with Crippen molar-refractivity contribution in [3.63, 3.8) is 0 Å². The lowest BCUT2D eigenvalue weighted by Gasteiger charge is -2.11. The number of benzene rings is 2. The number of nitrogens with one attached hydrogen (secondary N) is 3. The number of hydrogen-bond donors (Lipinski definition) is 3. The lowest BCUT2D eigenvalue weighted by atomic mass is 10.1. The van der Waals surface area contributed by atoms with E-state index in [0.717, 1.165) is 17.6 Å². The number of fused-ring (bicyclic) bond motifs is 1. The van der Waals surface area contributed by atoms with Crippen LogP contribution in [0.3, 0.4) is 0 Å². The molecule has 0 fully saturated rings. The molecule has 3 N–H and O–H groups in total. The summed E-state index contributed by atoms with van der Waals surface area (Å²) < 4.78 is 10.5. The molecule has 0 saturated heterocycles. The van der Waals surface area contributed by atoms with E-state index in [1.165, 1.54) is 10.9 Å². The average molecular weight is 367 g/mol. The smallest absolute Gasteiger partial charge is 0.221 e. The average Bonchev–Trinajstić information content (AvgIpc) is 3.11. The number of aromatic nitrogens is 1. The van der Waals surface area contributed by atoms with Crippen molar-refractivity contribution in [2.24, 2.45) is 0 Å². The molecule has 3 aromatic rings. The third-order valence-electron chi connectivity index (χ3n) is 4.46. The van der Waals surface area contributed by atoms with Crippen molar-refractivity contribution in [3.05, 3.63) is 54.2 Å². The summed E-state index contributed by atoms with van der Waals surface area (Å²) in [5.74, 6) is 1.37. The minimum atomic E-state index is 0.0304. The van der Waals surface area contributed by atoms with E-state index in [9.17, 15) is 4.79 Å². The zero-order chi connectivity index (χ0) is 19.1. The fourth-order valence-corrected chi connectivity index (χ4v) is 3.03. The summed E-state index contributed by atoms with van der Waals surface area (Å²) in [6.45, 7) is 1.17. The number of aromatic amines is 1. The number of rotatable bonds is 9. The zero-order valence-corrected chi connectivity index (χ0v) is 15.7. The monoisotopic (exact) mass is 367 g/mol. The first kappa shape index (κ1) is 18.6. The van der Waals surface area contributed by atoms with Crippen LogP contribution in [0.1, 0.15) is 12.0 Å². The van der Waals surface area contributed by atoms with Gasteiger partial charge in [0.2, 0.25) is 5.91 Å². The Kier molecular flexibility index (Phi) is 6.20. The summed E-state index contributed by atoms with van der Waals surface area (Å²) >= 11 is 0. The van der Waals surface area contributed by atoms with Crippen LogP contribution >= 0.6 is 0 Å². The van der Waals surface area contributed by atoms with E-state index in [2.05, 4.69) is 27.8 Å².